The Hall–Kier alpha value is -3.12. The van der Waals surface area contributed by atoms with Crippen LogP contribution in [0.5, 0.6) is 0 Å². The zero-order valence-corrected chi connectivity index (χ0v) is 21.0. The number of carbonyl (C=O) groups excluding carboxylic acids is 3. The molecule has 1 saturated heterocycles. The Balaban J connectivity index is 2.05. The van der Waals surface area contributed by atoms with Crippen molar-refractivity contribution in [3.05, 3.63) is 35.9 Å². The Morgan fingerprint density at radius 3 is 2.39 bits per heavy atom. The summed E-state index contributed by atoms with van der Waals surface area (Å²) in [6.07, 6.45) is 2.71. The second-order valence-corrected chi connectivity index (χ2v) is 9.65. The zero-order valence-electron chi connectivity index (χ0n) is 20.2. The van der Waals surface area contributed by atoms with Gasteiger partial charge in [0.15, 0.2) is 0 Å². The standard InChI is InChI=1S/C24H34N4O7S/c1-36-13-11-17(21(31)27-18(24(34)35)9-10-20(29)30)26-22(32)19-8-5-12-28(19)23(33)16(25)14-15-6-3-2-4-7-15/h2-4,6-7,16-19H,5,8-14,25H2,1H3,(H,26,32)(H,27,31)(H,29,30)(H,34,35). The molecule has 6 N–H and O–H groups in total. The van der Waals surface area contributed by atoms with Gasteiger partial charge in [0, 0.05) is 13.0 Å². The van der Waals surface area contributed by atoms with Crippen LogP contribution >= 0.6 is 11.8 Å². The monoisotopic (exact) mass is 522 g/mol. The highest BCUT2D eigenvalue weighted by atomic mass is 32.2. The maximum atomic E-state index is 13.1. The minimum Gasteiger partial charge on any atom is -0.481 e. The van der Waals surface area contributed by atoms with Crippen molar-refractivity contribution in [3.63, 3.8) is 0 Å². The van der Waals surface area contributed by atoms with E-state index in [-0.39, 0.29) is 18.7 Å². The number of nitrogens with one attached hydrogen (secondary N) is 2. The molecule has 0 saturated carbocycles. The van der Waals surface area contributed by atoms with Gasteiger partial charge < -0.3 is 31.5 Å². The molecule has 36 heavy (non-hydrogen) atoms. The number of thioether (sulfide) groups is 1. The first-order valence-electron chi connectivity index (χ1n) is 11.8. The number of nitrogens with zero attached hydrogens (tertiary/aromatic N) is 1. The van der Waals surface area contributed by atoms with E-state index in [9.17, 15) is 29.1 Å². The summed E-state index contributed by atoms with van der Waals surface area (Å²) < 4.78 is 0. The summed E-state index contributed by atoms with van der Waals surface area (Å²) in [6.45, 7) is 0.372. The predicted molar refractivity (Wildman–Crippen MR) is 134 cm³/mol. The number of amides is 3. The average molecular weight is 523 g/mol. The number of nitrogens with two attached hydrogens (primary N) is 1. The molecule has 3 amide bonds. The molecule has 1 aromatic rings. The molecule has 1 heterocycles. The summed E-state index contributed by atoms with van der Waals surface area (Å²) in [5.41, 5.74) is 7.06. The fourth-order valence-electron chi connectivity index (χ4n) is 4.04. The molecule has 1 aliphatic heterocycles. The Morgan fingerprint density at radius 2 is 1.78 bits per heavy atom. The quantitative estimate of drug-likeness (QED) is 0.228. The third-order valence-electron chi connectivity index (χ3n) is 5.96. The number of hydrogen-bond acceptors (Lipinski definition) is 7. The van der Waals surface area contributed by atoms with E-state index in [0.717, 1.165) is 5.56 Å². The second-order valence-electron chi connectivity index (χ2n) is 8.66. The summed E-state index contributed by atoms with van der Waals surface area (Å²) in [4.78, 5) is 62.7. The number of rotatable bonds is 14. The van der Waals surface area contributed by atoms with E-state index in [2.05, 4.69) is 10.6 Å². The topological polar surface area (TPSA) is 179 Å². The van der Waals surface area contributed by atoms with Crippen LogP contribution in [0, 0.1) is 0 Å². The summed E-state index contributed by atoms with van der Waals surface area (Å²) >= 11 is 1.45. The second kappa shape index (κ2) is 14.4. The van der Waals surface area contributed by atoms with Gasteiger partial charge in [-0.15, -0.1) is 0 Å². The average Bonchev–Trinajstić information content (AvgIpc) is 3.34. The van der Waals surface area contributed by atoms with Gasteiger partial charge in [0.05, 0.1) is 6.04 Å². The molecule has 0 aromatic heterocycles. The lowest BCUT2D eigenvalue weighted by Crippen LogP contribution is -2.57. The Kier molecular flexibility index (Phi) is 11.7. The van der Waals surface area contributed by atoms with Gasteiger partial charge in [-0.1, -0.05) is 30.3 Å². The minimum atomic E-state index is -1.40. The van der Waals surface area contributed by atoms with Gasteiger partial charge in [-0.3, -0.25) is 19.2 Å². The molecule has 0 spiro atoms. The lowest BCUT2D eigenvalue weighted by atomic mass is 10.0. The molecule has 1 fully saturated rings. The first-order chi connectivity index (χ1) is 17.1. The van der Waals surface area contributed by atoms with E-state index in [1.165, 1.54) is 16.7 Å². The molecule has 0 bridgehead atoms. The molecular weight excluding hydrogens is 488 g/mol. The lowest BCUT2D eigenvalue weighted by Gasteiger charge is -2.28. The van der Waals surface area contributed by atoms with Crippen LogP contribution in [0.1, 0.15) is 37.7 Å². The highest BCUT2D eigenvalue weighted by Gasteiger charge is 2.38. The van der Waals surface area contributed by atoms with Crippen molar-refractivity contribution in [2.45, 2.75) is 62.7 Å². The Bertz CT molecular complexity index is 930. The fourth-order valence-corrected chi connectivity index (χ4v) is 4.51. The van der Waals surface area contributed by atoms with Crippen LogP contribution in [0.4, 0.5) is 0 Å². The minimum absolute atomic E-state index is 0.234. The number of hydrogen-bond donors (Lipinski definition) is 5. The van der Waals surface area contributed by atoms with Gasteiger partial charge in [-0.05, 0) is 49.7 Å². The maximum Gasteiger partial charge on any atom is 0.326 e. The molecular formula is C24H34N4O7S. The van der Waals surface area contributed by atoms with Crippen molar-refractivity contribution in [1.82, 2.24) is 15.5 Å². The summed E-state index contributed by atoms with van der Waals surface area (Å²) in [5, 5.41) is 23.2. The lowest BCUT2D eigenvalue weighted by molar-refractivity contribution is -0.144. The maximum absolute atomic E-state index is 13.1. The molecule has 0 radical (unpaired) electrons. The number of aliphatic carboxylic acids is 2. The van der Waals surface area contributed by atoms with Crippen LogP contribution in [-0.2, 0) is 30.4 Å². The van der Waals surface area contributed by atoms with Crippen molar-refractivity contribution in [3.8, 4) is 0 Å². The van der Waals surface area contributed by atoms with Gasteiger partial charge in [0.2, 0.25) is 17.7 Å². The van der Waals surface area contributed by atoms with Gasteiger partial charge in [0.25, 0.3) is 0 Å². The third kappa shape index (κ3) is 8.83. The molecule has 4 atom stereocenters. The van der Waals surface area contributed by atoms with Crippen LogP contribution in [0.3, 0.4) is 0 Å². The first-order valence-corrected chi connectivity index (χ1v) is 13.2. The van der Waals surface area contributed by atoms with Crippen molar-refractivity contribution in [1.29, 1.82) is 0 Å². The Morgan fingerprint density at radius 1 is 1.08 bits per heavy atom. The van der Waals surface area contributed by atoms with E-state index in [4.69, 9.17) is 10.8 Å². The first kappa shape index (κ1) is 29.1. The van der Waals surface area contributed by atoms with Crippen molar-refractivity contribution in [2.24, 2.45) is 5.73 Å². The summed E-state index contributed by atoms with van der Waals surface area (Å²) in [7, 11) is 0. The number of carboxylic acids is 2. The number of likely N-dealkylation sites (tertiary alicyclic amines) is 1. The molecule has 1 aromatic carbocycles. The van der Waals surface area contributed by atoms with Gasteiger partial charge in [-0.25, -0.2) is 4.79 Å². The molecule has 2 rings (SSSR count). The number of carboxylic acid groups (broad SMARTS) is 2. The van der Waals surface area contributed by atoms with Crippen LogP contribution in [-0.4, -0.2) is 87.5 Å². The highest BCUT2D eigenvalue weighted by molar-refractivity contribution is 7.98. The zero-order chi connectivity index (χ0) is 26.7. The third-order valence-corrected chi connectivity index (χ3v) is 6.60. The van der Waals surface area contributed by atoms with Crippen molar-refractivity contribution >= 4 is 41.4 Å². The van der Waals surface area contributed by atoms with E-state index >= 15 is 0 Å². The van der Waals surface area contributed by atoms with Gasteiger partial charge in [0.1, 0.15) is 18.1 Å². The highest BCUT2D eigenvalue weighted by Crippen LogP contribution is 2.20. The summed E-state index contributed by atoms with van der Waals surface area (Å²) in [6, 6.07) is 5.28. The van der Waals surface area contributed by atoms with Crippen LogP contribution in [0.25, 0.3) is 0 Å². The Labute approximate surface area is 214 Å². The van der Waals surface area contributed by atoms with E-state index in [1.54, 1.807) is 0 Å². The SMILES string of the molecule is CSCCC(NC(=O)C1CCCN1C(=O)C(N)Cc1ccccc1)C(=O)NC(CCC(=O)O)C(=O)O. The smallest absolute Gasteiger partial charge is 0.326 e. The van der Waals surface area contributed by atoms with Crippen LogP contribution in [0.2, 0.25) is 0 Å². The van der Waals surface area contributed by atoms with Gasteiger partial charge in [-0.2, -0.15) is 11.8 Å². The molecule has 4 unspecified atom stereocenters. The molecule has 12 heteroatoms. The largest absolute Gasteiger partial charge is 0.481 e. The number of benzene rings is 1. The molecule has 198 valence electrons. The number of carbonyl (C=O) groups is 5. The van der Waals surface area contributed by atoms with Gasteiger partial charge >= 0.3 is 11.9 Å². The van der Waals surface area contributed by atoms with Crippen molar-refractivity contribution < 1.29 is 34.2 Å². The molecule has 11 nitrogen and oxygen atoms in total. The fraction of sp³-hybridized carbons (Fsp3) is 0.542. The molecule has 1 aliphatic rings. The van der Waals surface area contributed by atoms with E-state index < -0.39 is 54.3 Å². The van der Waals surface area contributed by atoms with Crippen LogP contribution < -0.4 is 16.4 Å². The molecule has 0 aliphatic carbocycles. The van der Waals surface area contributed by atoms with Crippen LogP contribution in [0.15, 0.2) is 30.3 Å². The normalized spacial score (nSPS) is 17.6. The van der Waals surface area contributed by atoms with E-state index in [0.29, 0.717) is 31.6 Å². The predicted octanol–water partition coefficient (Wildman–Crippen LogP) is 0.220. The van der Waals surface area contributed by atoms with Crippen molar-refractivity contribution in [2.75, 3.05) is 18.6 Å². The summed E-state index contributed by atoms with van der Waals surface area (Å²) in [5.74, 6) is -3.60. The van der Waals surface area contributed by atoms with E-state index in [1.807, 2.05) is 36.6 Å².